The maximum atomic E-state index is 7.50. The second-order valence-corrected chi connectivity index (χ2v) is 22.9. The molecule has 3 aliphatic heterocycles. The molecule has 6 rings (SSSR count). The predicted octanol–water partition coefficient (Wildman–Crippen LogP) is 12.5. The first-order valence-electron chi connectivity index (χ1n) is 20.8. The first-order valence-corrected chi connectivity index (χ1v) is 21.9. The normalized spacial score (nSPS) is 16.0. The molecule has 0 N–H and O–H groups in total. The molecule has 0 bridgehead atoms. The molecule has 0 saturated carbocycles. The van der Waals surface area contributed by atoms with Gasteiger partial charge in [-0.25, -0.2) is 0 Å². The van der Waals surface area contributed by atoms with Crippen molar-refractivity contribution in [3.8, 4) is 51.7 Å². The van der Waals surface area contributed by atoms with Crippen LogP contribution in [0.4, 0.5) is 0 Å². The van der Waals surface area contributed by atoms with Gasteiger partial charge in [0.15, 0.2) is 34.5 Å². The van der Waals surface area contributed by atoms with E-state index in [1.165, 1.54) is 0 Å². The second-order valence-electron chi connectivity index (χ2n) is 22.0. The number of benzene rings is 3. The van der Waals surface area contributed by atoms with E-state index in [0.717, 1.165) is 33.4 Å². The monoisotopic (exact) mass is 820 g/mol. The molecule has 320 valence electrons. The van der Waals surface area contributed by atoms with Crippen LogP contribution in [0, 0.1) is 0 Å². The number of ether oxygens (including phenoxy) is 6. The van der Waals surface area contributed by atoms with Gasteiger partial charge in [-0.1, -0.05) is 125 Å². The third-order valence-corrected chi connectivity index (χ3v) is 11.5. The standard InChI is InChI=1S/C48H69O9P/c1-43(2,3)28-25-31-40(52-22-19-49-31)34(46(10,11)12)37(28)55-58(56-38-29(44(4,5)6)26-32-41(53-23-20-50-32)35(38)47(13,14)15)57-39-30(45(7,8)9)27-33-42(54-24-21-51-33)36(39)48(16,17)18/h25-27H,19-24H2,1-18H3. The number of fused-ring (bicyclic) bond motifs is 3. The lowest BCUT2D eigenvalue weighted by atomic mass is 9.78. The van der Waals surface area contributed by atoms with Gasteiger partial charge in [0.05, 0.1) is 0 Å². The van der Waals surface area contributed by atoms with E-state index in [0.29, 0.717) is 91.4 Å². The van der Waals surface area contributed by atoms with E-state index in [1.807, 2.05) is 0 Å². The Kier molecular flexibility index (Phi) is 11.4. The van der Waals surface area contributed by atoms with Crippen LogP contribution in [-0.4, -0.2) is 39.6 Å². The van der Waals surface area contributed by atoms with Gasteiger partial charge in [-0.15, -0.1) is 0 Å². The third-order valence-electron chi connectivity index (χ3n) is 10.5. The fourth-order valence-corrected chi connectivity index (χ4v) is 8.91. The molecule has 0 spiro atoms. The molecule has 0 fully saturated rings. The zero-order valence-corrected chi connectivity index (χ0v) is 39.5. The molecule has 58 heavy (non-hydrogen) atoms. The van der Waals surface area contributed by atoms with Crippen LogP contribution in [0.2, 0.25) is 0 Å². The zero-order chi connectivity index (χ0) is 43.0. The molecule has 0 aromatic heterocycles. The van der Waals surface area contributed by atoms with Gasteiger partial charge in [0.1, 0.15) is 56.9 Å². The molecule has 0 saturated heterocycles. The van der Waals surface area contributed by atoms with Crippen LogP contribution in [0.1, 0.15) is 158 Å². The van der Waals surface area contributed by atoms with Crippen molar-refractivity contribution in [1.82, 2.24) is 0 Å². The van der Waals surface area contributed by atoms with E-state index in [2.05, 4.69) is 143 Å². The number of hydrogen-bond acceptors (Lipinski definition) is 9. The van der Waals surface area contributed by atoms with E-state index in [1.54, 1.807) is 0 Å². The Morgan fingerprint density at radius 3 is 0.776 bits per heavy atom. The quantitative estimate of drug-likeness (QED) is 0.226. The van der Waals surface area contributed by atoms with Crippen LogP contribution < -0.4 is 42.0 Å². The lowest BCUT2D eigenvalue weighted by Gasteiger charge is -2.37. The van der Waals surface area contributed by atoms with Crippen LogP contribution in [0.15, 0.2) is 18.2 Å². The Balaban J connectivity index is 1.70. The minimum absolute atomic E-state index is 0.361. The van der Waals surface area contributed by atoms with Crippen LogP contribution in [-0.2, 0) is 32.5 Å². The van der Waals surface area contributed by atoms with Crippen molar-refractivity contribution in [2.24, 2.45) is 0 Å². The van der Waals surface area contributed by atoms with Gasteiger partial charge in [-0.2, -0.15) is 0 Å². The minimum atomic E-state index is -2.30. The van der Waals surface area contributed by atoms with Crippen molar-refractivity contribution in [2.75, 3.05) is 39.6 Å². The summed E-state index contributed by atoms with van der Waals surface area (Å²) in [6.45, 7) is 42.0. The maximum Gasteiger partial charge on any atom is 0.530 e. The van der Waals surface area contributed by atoms with Crippen molar-refractivity contribution < 1.29 is 42.0 Å². The Morgan fingerprint density at radius 2 is 0.569 bits per heavy atom. The van der Waals surface area contributed by atoms with E-state index < -0.39 is 24.8 Å². The largest absolute Gasteiger partial charge is 0.530 e. The van der Waals surface area contributed by atoms with Gasteiger partial charge in [0.2, 0.25) is 0 Å². The van der Waals surface area contributed by atoms with Crippen molar-refractivity contribution >= 4 is 8.60 Å². The maximum absolute atomic E-state index is 7.50. The van der Waals surface area contributed by atoms with Crippen LogP contribution in [0.3, 0.4) is 0 Å². The van der Waals surface area contributed by atoms with Gasteiger partial charge in [0, 0.05) is 33.4 Å². The van der Waals surface area contributed by atoms with Gasteiger partial charge >= 0.3 is 8.60 Å². The summed E-state index contributed by atoms with van der Waals surface area (Å²) < 4.78 is 60.7. The van der Waals surface area contributed by atoms with E-state index >= 15 is 0 Å². The molecule has 9 nitrogen and oxygen atoms in total. The molecule has 0 aliphatic carbocycles. The average molecular weight is 821 g/mol. The molecule has 0 amide bonds. The Morgan fingerprint density at radius 1 is 0.345 bits per heavy atom. The summed E-state index contributed by atoms with van der Waals surface area (Å²) >= 11 is 0. The first-order chi connectivity index (χ1) is 26.6. The van der Waals surface area contributed by atoms with Crippen LogP contribution >= 0.6 is 8.60 Å². The van der Waals surface area contributed by atoms with Crippen molar-refractivity contribution in [3.05, 3.63) is 51.6 Å². The number of hydrogen-bond donors (Lipinski definition) is 0. The summed E-state index contributed by atoms with van der Waals surface area (Å²) in [7, 11) is -2.30. The highest BCUT2D eigenvalue weighted by Crippen LogP contribution is 2.60. The van der Waals surface area contributed by atoms with E-state index in [4.69, 9.17) is 42.0 Å². The molecular formula is C48H69O9P. The Labute approximate surface area is 349 Å². The van der Waals surface area contributed by atoms with Gasteiger partial charge in [0.25, 0.3) is 0 Å². The molecule has 0 atom stereocenters. The fraction of sp³-hybridized carbons (Fsp3) is 0.625. The fourth-order valence-electron chi connectivity index (χ4n) is 7.79. The molecule has 0 radical (unpaired) electrons. The number of rotatable bonds is 6. The van der Waals surface area contributed by atoms with Crippen molar-refractivity contribution in [3.63, 3.8) is 0 Å². The summed E-state index contributed by atoms with van der Waals surface area (Å²) in [5.41, 5.74) is 3.25. The zero-order valence-electron chi connectivity index (χ0n) is 38.6. The molecule has 3 heterocycles. The summed E-state index contributed by atoms with van der Waals surface area (Å²) in [4.78, 5) is 0. The lowest BCUT2D eigenvalue weighted by molar-refractivity contribution is 0.165. The highest BCUT2D eigenvalue weighted by molar-refractivity contribution is 7.43. The molecule has 3 aromatic rings. The SMILES string of the molecule is CC(C)(C)c1cc2c(c(C(C)(C)C)c1OP(Oc1c(C(C)(C)C)cc3c(c1C(C)(C)C)OCCO3)Oc1c(C(C)(C)C)cc3c(c1C(C)(C)C)OCCO3)OCCO2. The summed E-state index contributed by atoms with van der Waals surface area (Å²) in [5.74, 6) is 6.19. The molecule has 3 aliphatic rings. The highest BCUT2D eigenvalue weighted by atomic mass is 31.2. The van der Waals surface area contributed by atoms with Crippen molar-refractivity contribution in [1.29, 1.82) is 0 Å². The van der Waals surface area contributed by atoms with Crippen molar-refractivity contribution in [2.45, 2.75) is 157 Å². The summed E-state index contributed by atoms with van der Waals surface area (Å²) in [6.07, 6.45) is 0. The van der Waals surface area contributed by atoms with E-state index in [9.17, 15) is 0 Å². The summed E-state index contributed by atoms with van der Waals surface area (Å²) in [6, 6.07) is 6.22. The lowest BCUT2D eigenvalue weighted by Crippen LogP contribution is -2.27. The second kappa shape index (κ2) is 15.1. The van der Waals surface area contributed by atoms with Crippen LogP contribution in [0.25, 0.3) is 0 Å². The Hall–Kier alpha value is -3.71. The average Bonchev–Trinajstić information content (AvgIpc) is 3.07. The molecular weight excluding hydrogens is 751 g/mol. The molecule has 0 unspecified atom stereocenters. The van der Waals surface area contributed by atoms with Gasteiger partial charge in [-0.3, -0.25) is 0 Å². The highest BCUT2D eigenvalue weighted by Gasteiger charge is 2.43. The van der Waals surface area contributed by atoms with Gasteiger partial charge < -0.3 is 42.0 Å². The minimum Gasteiger partial charge on any atom is -0.486 e. The van der Waals surface area contributed by atoms with Crippen LogP contribution in [0.5, 0.6) is 51.7 Å². The topological polar surface area (TPSA) is 83.1 Å². The first kappa shape index (κ1) is 43.9. The van der Waals surface area contributed by atoms with E-state index in [-0.39, 0.29) is 16.2 Å². The third kappa shape index (κ3) is 8.76. The smallest absolute Gasteiger partial charge is 0.486 e. The van der Waals surface area contributed by atoms with Gasteiger partial charge in [-0.05, 0) is 50.7 Å². The summed E-state index contributed by atoms with van der Waals surface area (Å²) in [5, 5.41) is 0. The predicted molar refractivity (Wildman–Crippen MR) is 233 cm³/mol. The Bertz CT molecular complexity index is 1790. The molecule has 10 heteroatoms. The molecule has 3 aromatic carbocycles.